The molecule has 0 bridgehead atoms. The quantitative estimate of drug-likeness (QED) is 0.484. The van der Waals surface area contributed by atoms with Gasteiger partial charge in [0.1, 0.15) is 0 Å². The van der Waals surface area contributed by atoms with E-state index in [1.165, 1.54) is 0 Å². The average molecular weight is 281 g/mol. The first-order chi connectivity index (χ1) is 6.97. The van der Waals surface area contributed by atoms with Crippen LogP contribution in [-0.2, 0) is 0 Å². The van der Waals surface area contributed by atoms with Crippen molar-refractivity contribution in [1.82, 2.24) is 4.98 Å². The van der Waals surface area contributed by atoms with Gasteiger partial charge in [-0.05, 0) is 25.8 Å². The molecule has 0 unspecified atom stereocenters. The minimum absolute atomic E-state index is 0.170. The van der Waals surface area contributed by atoms with Gasteiger partial charge >= 0.3 is 5.82 Å². The molecular weight excluding hydrogens is 278 g/mol. The monoisotopic (exact) mass is 280 g/mol. The second-order valence-corrected chi connectivity index (χ2v) is 3.24. The van der Waals surface area contributed by atoms with E-state index < -0.39 is 28.4 Å². The van der Waals surface area contributed by atoms with Crippen LogP contribution in [0.15, 0.2) is 10.5 Å². The third-order valence-electron chi connectivity index (χ3n) is 1.53. The fraction of sp³-hybridized carbons (Fsp3) is 0.143. The Kier molecular flexibility index (Phi) is 3.40. The van der Waals surface area contributed by atoms with E-state index in [1.807, 2.05) is 0 Å². The van der Waals surface area contributed by atoms with Crippen LogP contribution in [0, 0.1) is 10.1 Å². The highest BCUT2D eigenvalue weighted by Crippen LogP contribution is 2.31. The van der Waals surface area contributed by atoms with Crippen LogP contribution in [0.2, 0.25) is 0 Å². The Labute approximate surface area is 90.4 Å². The number of aromatic nitrogens is 1. The van der Waals surface area contributed by atoms with E-state index in [9.17, 15) is 23.7 Å². The maximum Gasteiger partial charge on any atom is 0.364 e. The number of nitrogens with zero attached hydrogens (tertiary/aromatic N) is 2. The summed E-state index contributed by atoms with van der Waals surface area (Å²) >= 11 is 2.73. The zero-order chi connectivity index (χ0) is 11.6. The van der Waals surface area contributed by atoms with Gasteiger partial charge < -0.3 is 10.1 Å². The van der Waals surface area contributed by atoms with E-state index in [2.05, 4.69) is 20.9 Å². The van der Waals surface area contributed by atoms with Crippen molar-refractivity contribution >= 4 is 28.0 Å². The number of rotatable bonds is 3. The molecule has 0 radical (unpaired) electrons. The molecule has 15 heavy (non-hydrogen) atoms. The third-order valence-corrected chi connectivity index (χ3v) is 2.40. The fourth-order valence-corrected chi connectivity index (χ4v) is 1.36. The maximum atomic E-state index is 12.4. The summed E-state index contributed by atoms with van der Waals surface area (Å²) < 4.78 is 24.6. The predicted octanol–water partition coefficient (Wildman–Crippen LogP) is 2.50. The number of pyridine rings is 1. The number of alkyl halides is 2. The summed E-state index contributed by atoms with van der Waals surface area (Å²) in [6.07, 6.45) is -2.75. The number of halogens is 3. The van der Waals surface area contributed by atoms with Crippen LogP contribution in [0.25, 0.3) is 0 Å². The molecule has 0 N–H and O–H groups in total. The van der Waals surface area contributed by atoms with Crippen molar-refractivity contribution in [2.45, 2.75) is 6.43 Å². The molecule has 0 aliphatic rings. The zero-order valence-corrected chi connectivity index (χ0v) is 8.57. The number of hydrogen-bond donors (Lipinski definition) is 0. The normalized spacial score (nSPS) is 10.4. The van der Waals surface area contributed by atoms with Gasteiger partial charge in [-0.2, -0.15) is 0 Å². The molecule has 1 aromatic heterocycles. The molecule has 1 aromatic rings. The van der Waals surface area contributed by atoms with Crippen molar-refractivity contribution in [3.8, 4) is 0 Å². The fourth-order valence-electron chi connectivity index (χ4n) is 0.885. The smallest absolute Gasteiger partial charge is 0.358 e. The van der Waals surface area contributed by atoms with Gasteiger partial charge in [-0.1, -0.05) is 0 Å². The van der Waals surface area contributed by atoms with Crippen LogP contribution in [0.1, 0.15) is 22.5 Å². The highest BCUT2D eigenvalue weighted by Gasteiger charge is 2.23. The highest BCUT2D eigenvalue weighted by molar-refractivity contribution is 9.10. The molecule has 1 heterocycles. The first kappa shape index (κ1) is 11.6. The molecule has 80 valence electrons. The van der Waals surface area contributed by atoms with E-state index in [-0.39, 0.29) is 10.8 Å². The van der Waals surface area contributed by atoms with Gasteiger partial charge in [0.15, 0.2) is 6.29 Å². The van der Waals surface area contributed by atoms with Crippen molar-refractivity contribution < 1.29 is 18.5 Å². The number of hydrogen-bond acceptors (Lipinski definition) is 4. The molecule has 0 saturated heterocycles. The van der Waals surface area contributed by atoms with E-state index in [4.69, 9.17) is 0 Å². The summed E-state index contributed by atoms with van der Waals surface area (Å²) in [5.41, 5.74) is -1.04. The van der Waals surface area contributed by atoms with E-state index in [0.29, 0.717) is 6.07 Å². The first-order valence-corrected chi connectivity index (χ1v) is 4.34. The van der Waals surface area contributed by atoms with E-state index in [0.717, 1.165) is 0 Å². The number of nitro groups is 1. The molecule has 5 nitrogen and oxygen atoms in total. The van der Waals surface area contributed by atoms with Crippen molar-refractivity contribution in [3.63, 3.8) is 0 Å². The molecule has 0 saturated carbocycles. The second-order valence-electron chi connectivity index (χ2n) is 2.44. The average Bonchev–Trinajstić information content (AvgIpc) is 2.17. The number of carbonyl (C=O) groups is 1. The number of carbonyl (C=O) groups excluding carboxylic acids is 1. The van der Waals surface area contributed by atoms with Crippen LogP contribution in [0.4, 0.5) is 14.6 Å². The summed E-state index contributed by atoms with van der Waals surface area (Å²) in [7, 11) is 0. The first-order valence-electron chi connectivity index (χ1n) is 3.55. The molecule has 8 heteroatoms. The Morgan fingerprint density at radius 2 is 2.20 bits per heavy atom. The van der Waals surface area contributed by atoms with Gasteiger partial charge in [-0.25, -0.2) is 8.78 Å². The Balaban J connectivity index is 3.45. The summed E-state index contributed by atoms with van der Waals surface area (Å²) in [6, 6.07) is 0.627. The van der Waals surface area contributed by atoms with Gasteiger partial charge in [0.25, 0.3) is 6.43 Å². The third kappa shape index (κ3) is 2.32. The topological polar surface area (TPSA) is 73.1 Å². The summed E-state index contributed by atoms with van der Waals surface area (Å²) in [6.45, 7) is 0. The molecule has 0 atom stereocenters. The largest absolute Gasteiger partial charge is 0.364 e. The molecule has 0 spiro atoms. The van der Waals surface area contributed by atoms with E-state index in [1.54, 1.807) is 0 Å². The lowest BCUT2D eigenvalue weighted by atomic mass is 10.2. The van der Waals surface area contributed by atoms with Crippen LogP contribution >= 0.6 is 15.9 Å². The van der Waals surface area contributed by atoms with Gasteiger partial charge in [-0.15, -0.1) is 0 Å². The SMILES string of the molecule is O=Cc1nc([N+](=O)[O-])cc(C(F)F)c1Br. The molecule has 0 aliphatic carbocycles. The number of aldehydes is 1. The second kappa shape index (κ2) is 4.39. The summed E-state index contributed by atoms with van der Waals surface area (Å²) in [5, 5.41) is 10.3. The Bertz CT molecular complexity index is 425. The Morgan fingerprint density at radius 1 is 1.60 bits per heavy atom. The van der Waals surface area contributed by atoms with Crippen molar-refractivity contribution in [2.24, 2.45) is 0 Å². The maximum absolute atomic E-state index is 12.4. The van der Waals surface area contributed by atoms with Crippen molar-refractivity contribution in [1.29, 1.82) is 0 Å². The minimum Gasteiger partial charge on any atom is -0.358 e. The minimum atomic E-state index is -2.92. The summed E-state index contributed by atoms with van der Waals surface area (Å²) in [5.74, 6) is -0.782. The highest BCUT2D eigenvalue weighted by atomic mass is 79.9. The molecule has 0 aromatic carbocycles. The van der Waals surface area contributed by atoms with Gasteiger partial charge in [0, 0.05) is 11.6 Å². The van der Waals surface area contributed by atoms with Crippen molar-refractivity contribution in [3.05, 3.63) is 31.9 Å². The lowest BCUT2D eigenvalue weighted by molar-refractivity contribution is -0.389. The zero-order valence-electron chi connectivity index (χ0n) is 6.99. The van der Waals surface area contributed by atoms with Gasteiger partial charge in [0.05, 0.1) is 4.47 Å². The predicted molar refractivity (Wildman–Crippen MR) is 48.9 cm³/mol. The lowest BCUT2D eigenvalue weighted by Gasteiger charge is -2.02. The lowest BCUT2D eigenvalue weighted by Crippen LogP contribution is -2.01. The molecule has 0 fully saturated rings. The van der Waals surface area contributed by atoms with Gasteiger partial charge in [0.2, 0.25) is 5.69 Å². The molecule has 1 rings (SSSR count). The summed E-state index contributed by atoms with van der Waals surface area (Å²) in [4.78, 5) is 23.1. The van der Waals surface area contributed by atoms with Crippen LogP contribution in [0.5, 0.6) is 0 Å². The molecule has 0 amide bonds. The standard InChI is InChI=1S/C7H3BrF2N2O3/c8-6-3(7(9)10)1-5(12(14)15)11-4(6)2-13/h1-2,7H. The molecule has 0 aliphatic heterocycles. The van der Waals surface area contributed by atoms with Crippen LogP contribution in [-0.4, -0.2) is 16.2 Å². The van der Waals surface area contributed by atoms with Crippen LogP contribution in [0.3, 0.4) is 0 Å². The van der Waals surface area contributed by atoms with E-state index >= 15 is 0 Å². The van der Waals surface area contributed by atoms with Crippen molar-refractivity contribution in [2.75, 3.05) is 0 Å². The Morgan fingerprint density at radius 3 is 2.60 bits per heavy atom. The molecular formula is C7H3BrF2N2O3. The van der Waals surface area contributed by atoms with Crippen LogP contribution < -0.4 is 0 Å². The van der Waals surface area contributed by atoms with Gasteiger partial charge in [-0.3, -0.25) is 4.79 Å². The Hall–Kier alpha value is -1.44.